The number of primary amides is 1. The van der Waals surface area contributed by atoms with Crippen LogP contribution in [0.5, 0.6) is 5.75 Å². The molecular formula is C33H48N8O9. The largest absolute Gasteiger partial charge is 0.491 e. The normalized spacial score (nSPS) is 12.1. The zero-order chi connectivity index (χ0) is 36.8. The van der Waals surface area contributed by atoms with Crippen molar-refractivity contribution >= 4 is 41.0 Å². The van der Waals surface area contributed by atoms with Gasteiger partial charge in [0.1, 0.15) is 22.6 Å². The Bertz CT molecular complexity index is 1660. The summed E-state index contributed by atoms with van der Waals surface area (Å²) in [6, 6.07) is 4.65. The van der Waals surface area contributed by atoms with Crippen LogP contribution in [0.2, 0.25) is 0 Å². The Hall–Kier alpha value is -5.16. The van der Waals surface area contributed by atoms with Gasteiger partial charge in [-0.25, -0.2) is 14.6 Å². The van der Waals surface area contributed by atoms with Crippen molar-refractivity contribution in [3.63, 3.8) is 0 Å². The lowest BCUT2D eigenvalue weighted by atomic mass is 10.1. The molecule has 6 N–H and O–H groups in total. The van der Waals surface area contributed by atoms with Gasteiger partial charge < -0.3 is 45.0 Å². The number of fused-ring (bicyclic) bond motifs is 1. The van der Waals surface area contributed by atoms with Crippen molar-refractivity contribution in [2.75, 3.05) is 38.2 Å². The summed E-state index contributed by atoms with van der Waals surface area (Å²) in [7, 11) is 0. The summed E-state index contributed by atoms with van der Waals surface area (Å²) in [6.45, 7) is 12.2. The molecule has 0 saturated heterocycles. The minimum Gasteiger partial charge on any atom is -0.491 e. The highest BCUT2D eigenvalue weighted by molar-refractivity contribution is 6.04. The lowest BCUT2D eigenvalue weighted by Gasteiger charge is -2.19. The Morgan fingerprint density at radius 3 is 2.50 bits per heavy atom. The van der Waals surface area contributed by atoms with E-state index in [9.17, 15) is 24.3 Å². The van der Waals surface area contributed by atoms with Gasteiger partial charge in [0.15, 0.2) is 6.29 Å². The van der Waals surface area contributed by atoms with Gasteiger partial charge in [-0.3, -0.25) is 19.6 Å². The standard InChI is InChI=1S/C33H48N8O9/c1-7-41-24(18-21(3)39-41)29(44)38-30-37-23-19-22(28(34)43)20-25(48-16-11-17-49-31(45)36-14-12-26(42)47-8-2)27(23)40(30)15-10-9-13-35-32(46)50-33(4,5)6/h9-10,18-20,26,42H,7-8,11-17H2,1-6H3,(H2,34,43)(H,35,46)(H,36,45)(H,37,38,44)/b10-9+. The second-order valence-corrected chi connectivity index (χ2v) is 12.0. The Balaban J connectivity index is 1.82. The quantitative estimate of drug-likeness (QED) is 0.0736. The molecule has 0 aliphatic rings. The van der Waals surface area contributed by atoms with Gasteiger partial charge in [-0.15, -0.1) is 0 Å². The molecule has 2 heterocycles. The zero-order valence-electron chi connectivity index (χ0n) is 29.4. The van der Waals surface area contributed by atoms with E-state index < -0.39 is 35.9 Å². The van der Waals surface area contributed by atoms with Crippen LogP contribution in [-0.2, 0) is 27.3 Å². The second-order valence-electron chi connectivity index (χ2n) is 12.0. The maximum absolute atomic E-state index is 13.4. The fourth-order valence-corrected chi connectivity index (χ4v) is 4.64. The topological polar surface area (TPSA) is 223 Å². The molecule has 1 unspecified atom stereocenters. The highest BCUT2D eigenvalue weighted by Gasteiger charge is 2.22. The molecule has 0 spiro atoms. The number of anilines is 1. The van der Waals surface area contributed by atoms with E-state index in [1.807, 2.05) is 6.92 Å². The molecule has 1 atom stereocenters. The highest BCUT2D eigenvalue weighted by Crippen LogP contribution is 2.31. The number of aryl methyl sites for hydroxylation is 2. The van der Waals surface area contributed by atoms with Crippen molar-refractivity contribution in [1.29, 1.82) is 0 Å². The van der Waals surface area contributed by atoms with E-state index in [0.717, 1.165) is 0 Å². The van der Waals surface area contributed by atoms with Crippen LogP contribution in [0.3, 0.4) is 0 Å². The van der Waals surface area contributed by atoms with Gasteiger partial charge in [-0.1, -0.05) is 12.2 Å². The Morgan fingerprint density at radius 2 is 1.82 bits per heavy atom. The molecule has 50 heavy (non-hydrogen) atoms. The molecule has 3 rings (SSSR count). The minimum absolute atomic E-state index is 0.0248. The average molecular weight is 701 g/mol. The summed E-state index contributed by atoms with van der Waals surface area (Å²) < 4.78 is 24.8. The summed E-state index contributed by atoms with van der Waals surface area (Å²) in [5, 5.41) is 22.0. The summed E-state index contributed by atoms with van der Waals surface area (Å²) in [5.74, 6) is -0.729. The van der Waals surface area contributed by atoms with E-state index in [1.165, 1.54) is 12.1 Å². The minimum atomic E-state index is -0.975. The predicted octanol–water partition coefficient (Wildman–Crippen LogP) is 3.23. The summed E-state index contributed by atoms with van der Waals surface area (Å²) in [6.07, 6.45) is 1.80. The maximum Gasteiger partial charge on any atom is 0.407 e. The van der Waals surface area contributed by atoms with Crippen molar-refractivity contribution in [1.82, 2.24) is 30.0 Å². The van der Waals surface area contributed by atoms with Gasteiger partial charge in [0.2, 0.25) is 11.9 Å². The van der Waals surface area contributed by atoms with Gasteiger partial charge in [-0.2, -0.15) is 5.10 Å². The van der Waals surface area contributed by atoms with Crippen LogP contribution >= 0.6 is 0 Å². The van der Waals surface area contributed by atoms with Gasteiger partial charge in [0.25, 0.3) is 5.91 Å². The number of nitrogens with zero attached hydrogens (tertiary/aromatic N) is 4. The van der Waals surface area contributed by atoms with E-state index in [4.69, 9.17) is 24.7 Å². The second kappa shape index (κ2) is 18.6. The van der Waals surface area contributed by atoms with E-state index in [-0.39, 0.29) is 56.5 Å². The fraction of sp³-hybridized carbons (Fsp3) is 0.515. The van der Waals surface area contributed by atoms with E-state index in [2.05, 4.69) is 26.0 Å². The number of amides is 4. The number of ether oxygens (including phenoxy) is 4. The van der Waals surface area contributed by atoms with Crippen molar-refractivity contribution in [3.05, 3.63) is 47.3 Å². The number of hydrogen-bond acceptors (Lipinski definition) is 11. The summed E-state index contributed by atoms with van der Waals surface area (Å²) in [4.78, 5) is 54.3. The van der Waals surface area contributed by atoms with Crippen LogP contribution < -0.4 is 26.4 Å². The van der Waals surface area contributed by atoms with Crippen molar-refractivity contribution < 1.29 is 43.2 Å². The van der Waals surface area contributed by atoms with Crippen LogP contribution in [0.15, 0.2) is 30.4 Å². The zero-order valence-corrected chi connectivity index (χ0v) is 29.4. The number of imidazole rings is 1. The molecule has 0 radical (unpaired) electrons. The number of aromatic nitrogens is 4. The smallest absolute Gasteiger partial charge is 0.407 e. The number of carbonyl (C=O) groups is 4. The van der Waals surface area contributed by atoms with E-state index in [0.29, 0.717) is 42.0 Å². The molecule has 0 saturated carbocycles. The molecule has 4 amide bonds. The molecular weight excluding hydrogens is 652 g/mol. The molecule has 0 aliphatic heterocycles. The third-order valence-corrected chi connectivity index (χ3v) is 6.77. The first-order valence-corrected chi connectivity index (χ1v) is 16.4. The molecule has 274 valence electrons. The summed E-state index contributed by atoms with van der Waals surface area (Å²) >= 11 is 0. The van der Waals surface area contributed by atoms with Crippen LogP contribution in [0.4, 0.5) is 15.5 Å². The first-order valence-electron chi connectivity index (χ1n) is 16.4. The molecule has 17 heteroatoms. The number of aliphatic hydroxyl groups excluding tert-OH is 1. The molecule has 0 bridgehead atoms. The lowest BCUT2D eigenvalue weighted by molar-refractivity contribution is -0.0974. The molecule has 17 nitrogen and oxygen atoms in total. The Morgan fingerprint density at radius 1 is 1.06 bits per heavy atom. The monoisotopic (exact) mass is 700 g/mol. The van der Waals surface area contributed by atoms with Crippen molar-refractivity contribution in [3.8, 4) is 5.75 Å². The molecule has 3 aromatic rings. The first-order chi connectivity index (χ1) is 23.7. The number of aliphatic hydroxyl groups is 1. The third-order valence-electron chi connectivity index (χ3n) is 6.77. The maximum atomic E-state index is 13.4. The van der Waals surface area contributed by atoms with Gasteiger partial charge in [0.05, 0.1) is 24.4 Å². The van der Waals surface area contributed by atoms with E-state index >= 15 is 0 Å². The highest BCUT2D eigenvalue weighted by atomic mass is 16.6. The molecule has 0 fully saturated rings. The number of allylic oxidation sites excluding steroid dienone is 1. The number of rotatable bonds is 18. The predicted molar refractivity (Wildman–Crippen MR) is 184 cm³/mol. The van der Waals surface area contributed by atoms with Crippen molar-refractivity contribution in [2.45, 2.75) is 79.4 Å². The summed E-state index contributed by atoms with van der Waals surface area (Å²) in [5.41, 5.74) is 6.91. The third kappa shape index (κ3) is 12.1. The number of alkyl carbamates (subject to hydrolysis) is 2. The SMILES string of the molecule is CCOC(O)CCNC(=O)OCCCOc1cc(C(N)=O)cc2nc(NC(=O)c3cc(C)nn3CC)n(C/C=C/CNC(=O)OC(C)(C)C)c12. The van der Waals surface area contributed by atoms with Crippen LogP contribution in [0.1, 0.15) is 74.0 Å². The fourth-order valence-electron chi connectivity index (χ4n) is 4.64. The first kappa shape index (κ1) is 39.3. The molecule has 1 aromatic carbocycles. The molecule has 0 aliphatic carbocycles. The number of benzene rings is 1. The number of nitrogens with one attached hydrogen (secondary N) is 3. The number of carbonyl (C=O) groups excluding carboxylic acids is 4. The van der Waals surface area contributed by atoms with Crippen LogP contribution in [-0.4, -0.2) is 93.2 Å². The molecule has 2 aromatic heterocycles. The van der Waals surface area contributed by atoms with Gasteiger partial charge in [-0.05, 0) is 59.7 Å². The van der Waals surface area contributed by atoms with E-state index in [1.54, 1.807) is 62.1 Å². The van der Waals surface area contributed by atoms with Gasteiger partial charge in [0, 0.05) is 51.2 Å². The Kier molecular flexibility index (Phi) is 14.6. The average Bonchev–Trinajstić information content (AvgIpc) is 3.59. The van der Waals surface area contributed by atoms with Crippen LogP contribution in [0, 0.1) is 6.92 Å². The Labute approximate surface area is 290 Å². The number of nitrogens with two attached hydrogens (primary N) is 1. The van der Waals surface area contributed by atoms with Crippen molar-refractivity contribution in [2.24, 2.45) is 5.73 Å². The number of hydrogen-bond donors (Lipinski definition) is 5. The van der Waals surface area contributed by atoms with Gasteiger partial charge >= 0.3 is 12.2 Å². The lowest BCUT2D eigenvalue weighted by Crippen LogP contribution is -2.32. The van der Waals surface area contributed by atoms with Crippen LogP contribution in [0.25, 0.3) is 11.0 Å².